The van der Waals surface area contributed by atoms with Crippen LogP contribution in [-0.2, 0) is 0 Å². The van der Waals surface area contributed by atoms with E-state index in [9.17, 15) is 15.0 Å². The van der Waals surface area contributed by atoms with Crippen LogP contribution in [0.3, 0.4) is 0 Å². The third-order valence-corrected chi connectivity index (χ3v) is 3.41. The Hall–Kier alpha value is -2.25. The summed E-state index contributed by atoms with van der Waals surface area (Å²) in [6, 6.07) is 4.51. The third kappa shape index (κ3) is 3.57. The highest BCUT2D eigenvalue weighted by Gasteiger charge is 2.27. The van der Waals surface area contributed by atoms with Gasteiger partial charge in [0.05, 0.1) is 19.8 Å². The molecule has 0 spiro atoms. The van der Waals surface area contributed by atoms with Crippen LogP contribution in [0.2, 0.25) is 0 Å². The predicted octanol–water partition coefficient (Wildman–Crippen LogP) is 1.32. The van der Waals surface area contributed by atoms with Gasteiger partial charge < -0.3 is 28.8 Å². The minimum Gasteiger partial charge on any atom is -0.493 e. The number of hydrogen-bond acceptors (Lipinski definition) is 7. The summed E-state index contributed by atoms with van der Waals surface area (Å²) in [5, 5.41) is 20.3. The molecular weight excluding hydrogens is 304 g/mol. The number of aliphatic hydroxyl groups excluding tert-OH is 1. The van der Waals surface area contributed by atoms with E-state index in [1.54, 1.807) is 12.1 Å². The van der Waals surface area contributed by atoms with Gasteiger partial charge in [-0.1, -0.05) is 0 Å². The third-order valence-electron chi connectivity index (χ3n) is 3.41. The summed E-state index contributed by atoms with van der Waals surface area (Å²) in [5.41, 5.74) is -1.64. The molecule has 1 atom stereocenters. The fraction of sp³-hybridized carbons (Fsp3) is 0.438. The summed E-state index contributed by atoms with van der Waals surface area (Å²) >= 11 is 0. The van der Waals surface area contributed by atoms with Gasteiger partial charge in [0.15, 0.2) is 11.3 Å². The molecule has 0 saturated heterocycles. The maximum atomic E-state index is 11.4. The Bertz CT molecular complexity index is 742. The monoisotopic (exact) mass is 324 g/mol. The van der Waals surface area contributed by atoms with Crippen molar-refractivity contribution in [2.45, 2.75) is 25.6 Å². The van der Waals surface area contributed by atoms with Crippen molar-refractivity contribution >= 4 is 11.0 Å². The van der Waals surface area contributed by atoms with Crippen molar-refractivity contribution in [1.82, 2.24) is 0 Å². The van der Waals surface area contributed by atoms with E-state index in [0.29, 0.717) is 11.1 Å². The Labute approximate surface area is 133 Å². The van der Waals surface area contributed by atoms with Gasteiger partial charge in [0.25, 0.3) is 0 Å². The van der Waals surface area contributed by atoms with Crippen molar-refractivity contribution in [3.63, 3.8) is 0 Å². The topological polar surface area (TPSA) is 98.4 Å². The van der Waals surface area contributed by atoms with Gasteiger partial charge in [-0.25, -0.2) is 4.79 Å². The lowest BCUT2D eigenvalue weighted by Crippen LogP contribution is -2.40. The molecule has 2 N–H and O–H groups in total. The first-order valence-corrected chi connectivity index (χ1v) is 7.00. The highest BCUT2D eigenvalue weighted by Crippen LogP contribution is 2.43. The fourth-order valence-electron chi connectivity index (χ4n) is 1.98. The molecule has 1 aromatic carbocycles. The highest BCUT2D eigenvalue weighted by molar-refractivity contribution is 5.88. The molecule has 0 unspecified atom stereocenters. The molecule has 7 heteroatoms. The number of aliphatic hydroxyl groups is 2. The molecule has 2 rings (SSSR count). The van der Waals surface area contributed by atoms with Gasteiger partial charge in [-0.05, 0) is 26.0 Å². The second kappa shape index (κ2) is 6.47. The molecule has 7 nitrogen and oxygen atoms in total. The predicted molar refractivity (Wildman–Crippen MR) is 83.4 cm³/mol. The lowest BCUT2D eigenvalue weighted by Gasteiger charge is -2.25. The molecule has 0 aliphatic heterocycles. The van der Waals surface area contributed by atoms with Gasteiger partial charge >= 0.3 is 5.63 Å². The van der Waals surface area contributed by atoms with E-state index < -0.39 is 17.3 Å². The zero-order valence-corrected chi connectivity index (χ0v) is 13.5. The Morgan fingerprint density at radius 3 is 2.48 bits per heavy atom. The first-order valence-electron chi connectivity index (χ1n) is 7.00. The summed E-state index contributed by atoms with van der Waals surface area (Å²) < 4.78 is 21.3. The Morgan fingerprint density at radius 2 is 1.91 bits per heavy atom. The van der Waals surface area contributed by atoms with Gasteiger partial charge in [-0.2, -0.15) is 0 Å². The molecule has 1 heterocycles. The zero-order valence-electron chi connectivity index (χ0n) is 13.5. The van der Waals surface area contributed by atoms with Crippen molar-refractivity contribution in [1.29, 1.82) is 0 Å². The minimum absolute atomic E-state index is 0.181. The lowest BCUT2D eigenvalue weighted by molar-refractivity contribution is -0.0666. The van der Waals surface area contributed by atoms with Crippen LogP contribution < -0.4 is 19.8 Å². The van der Waals surface area contributed by atoms with Crippen LogP contribution in [0.5, 0.6) is 17.2 Å². The van der Waals surface area contributed by atoms with Crippen molar-refractivity contribution < 1.29 is 28.8 Å². The van der Waals surface area contributed by atoms with E-state index in [0.717, 1.165) is 0 Å². The zero-order chi connectivity index (χ0) is 17.2. The second-order valence-corrected chi connectivity index (χ2v) is 5.59. The van der Waals surface area contributed by atoms with Crippen molar-refractivity contribution in [2.24, 2.45) is 0 Å². The van der Waals surface area contributed by atoms with Gasteiger partial charge in [-0.15, -0.1) is 0 Å². The molecule has 0 fully saturated rings. The molecule has 0 amide bonds. The molecule has 1 aromatic heterocycles. The molecule has 0 bridgehead atoms. The van der Waals surface area contributed by atoms with Crippen LogP contribution in [0.1, 0.15) is 13.8 Å². The summed E-state index contributed by atoms with van der Waals surface area (Å²) in [6.45, 7) is 2.74. The molecule has 0 radical (unpaired) electrons. The fourth-order valence-corrected chi connectivity index (χ4v) is 1.98. The molecule has 126 valence electrons. The Morgan fingerprint density at radius 1 is 1.22 bits per heavy atom. The number of ether oxygens (including phenoxy) is 3. The van der Waals surface area contributed by atoms with Gasteiger partial charge in [0.2, 0.25) is 11.5 Å². The molecule has 0 saturated carbocycles. The molecule has 23 heavy (non-hydrogen) atoms. The van der Waals surface area contributed by atoms with E-state index in [1.807, 2.05) is 0 Å². The smallest absolute Gasteiger partial charge is 0.336 e. The molecule has 0 aliphatic carbocycles. The maximum Gasteiger partial charge on any atom is 0.336 e. The van der Waals surface area contributed by atoms with Crippen molar-refractivity contribution in [2.75, 3.05) is 20.8 Å². The second-order valence-electron chi connectivity index (χ2n) is 5.59. The average molecular weight is 324 g/mol. The largest absolute Gasteiger partial charge is 0.493 e. The SMILES string of the molecule is COc1cc2ccc(=O)oc2c(OC)c1OC[C@H](O)C(C)(C)O. The molecular formula is C16H20O7. The summed E-state index contributed by atoms with van der Waals surface area (Å²) in [5.74, 6) is 0.714. The number of benzene rings is 1. The number of methoxy groups -OCH3 is 2. The van der Waals surface area contributed by atoms with Crippen LogP contribution in [0, 0.1) is 0 Å². The van der Waals surface area contributed by atoms with Crippen molar-refractivity contribution in [3.8, 4) is 17.2 Å². The van der Waals surface area contributed by atoms with Gasteiger partial charge in [-0.3, -0.25) is 0 Å². The van der Waals surface area contributed by atoms with E-state index in [4.69, 9.17) is 18.6 Å². The van der Waals surface area contributed by atoms with E-state index in [2.05, 4.69) is 0 Å². The number of hydrogen-bond donors (Lipinski definition) is 2. The quantitative estimate of drug-likeness (QED) is 0.773. The lowest BCUT2D eigenvalue weighted by atomic mass is 10.0. The molecule has 0 aliphatic rings. The maximum absolute atomic E-state index is 11.4. The van der Waals surface area contributed by atoms with Crippen LogP contribution in [0.15, 0.2) is 27.4 Å². The van der Waals surface area contributed by atoms with Crippen LogP contribution in [-0.4, -0.2) is 42.7 Å². The number of fused-ring (bicyclic) bond motifs is 1. The van der Waals surface area contributed by atoms with E-state index >= 15 is 0 Å². The first-order chi connectivity index (χ1) is 10.8. The van der Waals surface area contributed by atoms with Gasteiger partial charge in [0, 0.05) is 11.5 Å². The molecule has 2 aromatic rings. The van der Waals surface area contributed by atoms with Crippen molar-refractivity contribution in [3.05, 3.63) is 28.6 Å². The summed E-state index contributed by atoms with van der Waals surface area (Å²) in [7, 11) is 2.86. The average Bonchev–Trinajstić information content (AvgIpc) is 2.50. The van der Waals surface area contributed by atoms with Crippen LogP contribution >= 0.6 is 0 Å². The van der Waals surface area contributed by atoms with E-state index in [1.165, 1.54) is 34.1 Å². The summed E-state index contributed by atoms with van der Waals surface area (Å²) in [4.78, 5) is 11.4. The normalized spacial score (nSPS) is 13.0. The van der Waals surface area contributed by atoms with Gasteiger partial charge in [0.1, 0.15) is 12.7 Å². The summed E-state index contributed by atoms with van der Waals surface area (Å²) in [6.07, 6.45) is -1.13. The van der Waals surface area contributed by atoms with Crippen LogP contribution in [0.25, 0.3) is 11.0 Å². The standard InChI is InChI=1S/C16H20O7/c1-16(2,19)11(17)8-22-14-10(20-3)7-9-5-6-12(18)23-13(9)15(14)21-4/h5-7,11,17,19H,8H2,1-4H3/t11-/m0/s1. The number of rotatable bonds is 6. The Balaban J connectivity index is 2.50. The Kier molecular flexibility index (Phi) is 4.82. The first kappa shape index (κ1) is 17.1. The van der Waals surface area contributed by atoms with E-state index in [-0.39, 0.29) is 23.7 Å². The minimum atomic E-state index is -1.33. The van der Waals surface area contributed by atoms with Crippen LogP contribution in [0.4, 0.5) is 0 Å². The highest BCUT2D eigenvalue weighted by atomic mass is 16.5.